The minimum absolute atomic E-state index is 0.0112. The third-order valence-electron chi connectivity index (χ3n) is 3.40. The second-order valence-corrected chi connectivity index (χ2v) is 5.14. The van der Waals surface area contributed by atoms with Crippen LogP contribution in [0.3, 0.4) is 0 Å². The molecule has 1 aromatic rings. The Hall–Kier alpha value is -0.940. The van der Waals surface area contributed by atoms with Crippen molar-refractivity contribution in [1.29, 1.82) is 0 Å². The van der Waals surface area contributed by atoms with Gasteiger partial charge >= 0.3 is 0 Å². The first-order valence-corrected chi connectivity index (χ1v) is 7.37. The van der Waals surface area contributed by atoms with Gasteiger partial charge in [-0.05, 0) is 26.1 Å². The molecule has 0 aliphatic heterocycles. The fourth-order valence-corrected chi connectivity index (χ4v) is 1.83. The van der Waals surface area contributed by atoms with Crippen molar-refractivity contribution in [3.05, 3.63) is 35.9 Å². The molecule has 114 valence electrons. The minimum atomic E-state index is -0.465. The minimum Gasteiger partial charge on any atom is -0.389 e. The van der Waals surface area contributed by atoms with Gasteiger partial charge in [0.1, 0.15) is 0 Å². The highest BCUT2D eigenvalue weighted by atomic mass is 16.5. The van der Waals surface area contributed by atoms with Crippen LogP contribution in [0, 0.1) is 0 Å². The summed E-state index contributed by atoms with van der Waals surface area (Å²) in [5, 5.41) is 13.1. The number of hydrogen-bond donors (Lipinski definition) is 2. The van der Waals surface area contributed by atoms with E-state index >= 15 is 0 Å². The molecule has 0 radical (unpaired) electrons. The zero-order chi connectivity index (χ0) is 14.8. The molecule has 4 nitrogen and oxygen atoms in total. The van der Waals surface area contributed by atoms with E-state index in [9.17, 15) is 5.11 Å². The predicted molar refractivity (Wildman–Crippen MR) is 82.9 cm³/mol. The number of rotatable bonds is 10. The van der Waals surface area contributed by atoms with Crippen molar-refractivity contribution in [3.8, 4) is 0 Å². The van der Waals surface area contributed by atoms with Crippen LogP contribution >= 0.6 is 0 Å². The molecule has 0 saturated carbocycles. The molecule has 20 heavy (non-hydrogen) atoms. The first kappa shape index (κ1) is 17.1. The molecule has 2 unspecified atom stereocenters. The van der Waals surface area contributed by atoms with Crippen LogP contribution in [0.2, 0.25) is 0 Å². The van der Waals surface area contributed by atoms with E-state index in [2.05, 4.69) is 24.2 Å². The summed E-state index contributed by atoms with van der Waals surface area (Å²) in [6.07, 6.45) is -0.454. The van der Waals surface area contributed by atoms with Crippen molar-refractivity contribution < 1.29 is 9.84 Å². The van der Waals surface area contributed by atoms with Gasteiger partial charge in [0.15, 0.2) is 0 Å². The van der Waals surface area contributed by atoms with Crippen LogP contribution < -0.4 is 5.32 Å². The van der Waals surface area contributed by atoms with Gasteiger partial charge in [-0.2, -0.15) is 0 Å². The smallest absolute Gasteiger partial charge is 0.0897 e. The quantitative estimate of drug-likeness (QED) is 0.640. The van der Waals surface area contributed by atoms with Gasteiger partial charge in [0.2, 0.25) is 0 Å². The SMILES string of the molecule is CCN(C)CCNCC(O)COC(C)c1ccccc1. The Morgan fingerprint density at radius 3 is 2.65 bits per heavy atom. The molecular weight excluding hydrogens is 252 g/mol. The van der Waals surface area contributed by atoms with Crippen LogP contribution in [0.1, 0.15) is 25.5 Å². The van der Waals surface area contributed by atoms with Gasteiger partial charge in [-0.1, -0.05) is 37.3 Å². The molecule has 0 aliphatic carbocycles. The zero-order valence-electron chi connectivity index (χ0n) is 12.9. The van der Waals surface area contributed by atoms with Gasteiger partial charge in [-0.25, -0.2) is 0 Å². The van der Waals surface area contributed by atoms with Crippen molar-refractivity contribution in [2.75, 3.05) is 39.8 Å². The standard InChI is InChI=1S/C16H28N2O2/c1-4-18(3)11-10-17-12-16(19)13-20-14(2)15-8-6-5-7-9-15/h5-9,14,16-17,19H,4,10-13H2,1-3H3. The molecule has 2 N–H and O–H groups in total. The van der Waals surface area contributed by atoms with Crippen LogP contribution in [0.25, 0.3) is 0 Å². The maximum absolute atomic E-state index is 9.87. The molecule has 2 atom stereocenters. The lowest BCUT2D eigenvalue weighted by Gasteiger charge is -2.18. The molecule has 0 amide bonds. The van der Waals surface area contributed by atoms with Crippen molar-refractivity contribution >= 4 is 0 Å². The van der Waals surface area contributed by atoms with E-state index in [0.29, 0.717) is 13.2 Å². The van der Waals surface area contributed by atoms with E-state index in [4.69, 9.17) is 4.74 Å². The van der Waals surface area contributed by atoms with Gasteiger partial charge in [0, 0.05) is 19.6 Å². The Kier molecular flexibility index (Phi) is 8.46. The van der Waals surface area contributed by atoms with E-state index < -0.39 is 6.10 Å². The first-order valence-electron chi connectivity index (χ1n) is 7.37. The molecular formula is C16H28N2O2. The lowest BCUT2D eigenvalue weighted by atomic mass is 10.1. The molecule has 0 aromatic heterocycles. The number of nitrogens with one attached hydrogen (secondary N) is 1. The summed E-state index contributed by atoms with van der Waals surface area (Å²) < 4.78 is 5.69. The number of aliphatic hydroxyl groups excluding tert-OH is 1. The summed E-state index contributed by atoms with van der Waals surface area (Å²) in [6.45, 7) is 7.98. The van der Waals surface area contributed by atoms with E-state index in [0.717, 1.165) is 25.2 Å². The molecule has 0 fully saturated rings. The molecule has 0 spiro atoms. The normalized spacial score (nSPS) is 14.4. The van der Waals surface area contributed by atoms with Crippen LogP contribution in [0.15, 0.2) is 30.3 Å². The van der Waals surface area contributed by atoms with Crippen molar-refractivity contribution in [2.24, 2.45) is 0 Å². The summed E-state index contributed by atoms with van der Waals surface area (Å²) in [5.74, 6) is 0. The molecule has 1 aromatic carbocycles. The number of nitrogens with zero attached hydrogens (tertiary/aromatic N) is 1. The van der Waals surface area contributed by atoms with E-state index in [1.165, 1.54) is 0 Å². The fraction of sp³-hybridized carbons (Fsp3) is 0.625. The third kappa shape index (κ3) is 7.01. The Balaban J connectivity index is 2.12. The second-order valence-electron chi connectivity index (χ2n) is 5.14. The topological polar surface area (TPSA) is 44.7 Å². The maximum Gasteiger partial charge on any atom is 0.0897 e. The predicted octanol–water partition coefficient (Wildman–Crippen LogP) is 1.67. The highest BCUT2D eigenvalue weighted by molar-refractivity contribution is 5.16. The molecule has 0 aliphatic rings. The monoisotopic (exact) mass is 280 g/mol. The van der Waals surface area contributed by atoms with Crippen molar-refractivity contribution in [3.63, 3.8) is 0 Å². The lowest BCUT2D eigenvalue weighted by molar-refractivity contribution is -0.00206. The average Bonchev–Trinajstić information content (AvgIpc) is 2.49. The molecule has 1 rings (SSSR count). The van der Waals surface area contributed by atoms with E-state index in [-0.39, 0.29) is 6.10 Å². The largest absolute Gasteiger partial charge is 0.389 e. The number of likely N-dealkylation sites (N-methyl/N-ethyl adjacent to an activating group) is 1. The average molecular weight is 280 g/mol. The molecule has 4 heteroatoms. The number of ether oxygens (including phenoxy) is 1. The van der Waals surface area contributed by atoms with E-state index in [1.54, 1.807) is 0 Å². The summed E-state index contributed by atoms with van der Waals surface area (Å²) >= 11 is 0. The van der Waals surface area contributed by atoms with Gasteiger partial charge in [-0.3, -0.25) is 0 Å². The number of aliphatic hydroxyl groups is 1. The number of hydrogen-bond acceptors (Lipinski definition) is 4. The molecule has 0 bridgehead atoms. The maximum atomic E-state index is 9.87. The first-order chi connectivity index (χ1) is 9.63. The Labute approximate surface area is 122 Å². The lowest BCUT2D eigenvalue weighted by Crippen LogP contribution is -2.35. The molecule has 0 saturated heterocycles. The highest BCUT2D eigenvalue weighted by Gasteiger charge is 2.09. The van der Waals surface area contributed by atoms with Gasteiger partial charge in [-0.15, -0.1) is 0 Å². The Morgan fingerprint density at radius 1 is 1.30 bits per heavy atom. The third-order valence-corrected chi connectivity index (χ3v) is 3.40. The summed E-state index contributed by atoms with van der Waals surface area (Å²) in [7, 11) is 2.09. The second kappa shape index (κ2) is 9.88. The fourth-order valence-electron chi connectivity index (χ4n) is 1.83. The van der Waals surface area contributed by atoms with Crippen molar-refractivity contribution in [1.82, 2.24) is 10.2 Å². The van der Waals surface area contributed by atoms with Crippen LogP contribution in [-0.4, -0.2) is 55.9 Å². The van der Waals surface area contributed by atoms with E-state index in [1.807, 2.05) is 37.3 Å². The zero-order valence-corrected chi connectivity index (χ0v) is 12.9. The number of benzene rings is 1. The van der Waals surface area contributed by atoms with Gasteiger partial charge < -0.3 is 20.1 Å². The highest BCUT2D eigenvalue weighted by Crippen LogP contribution is 2.15. The summed E-state index contributed by atoms with van der Waals surface area (Å²) in [6, 6.07) is 10.1. The van der Waals surface area contributed by atoms with Gasteiger partial charge in [0.25, 0.3) is 0 Å². The van der Waals surface area contributed by atoms with Crippen LogP contribution in [0.4, 0.5) is 0 Å². The summed E-state index contributed by atoms with van der Waals surface area (Å²) in [4.78, 5) is 2.23. The molecule has 0 heterocycles. The van der Waals surface area contributed by atoms with Gasteiger partial charge in [0.05, 0.1) is 18.8 Å². The Bertz CT molecular complexity index is 346. The van der Waals surface area contributed by atoms with Crippen molar-refractivity contribution in [2.45, 2.75) is 26.1 Å². The summed E-state index contributed by atoms with van der Waals surface area (Å²) in [5.41, 5.74) is 1.14. The van der Waals surface area contributed by atoms with Crippen LogP contribution in [-0.2, 0) is 4.74 Å². The van der Waals surface area contributed by atoms with Crippen LogP contribution in [0.5, 0.6) is 0 Å². The Morgan fingerprint density at radius 2 is 2.00 bits per heavy atom.